The molecule has 1 amide bonds. The molecule has 1 aliphatic rings. The van der Waals surface area contributed by atoms with E-state index in [9.17, 15) is 9.90 Å². The number of aromatic amines is 1. The standard InChI is InChI=1S/C12H16N4O2/c1-3-4-5-10-9(12(18)16-14-10)6-8-7(2)13-15-11(8)17/h6H,3-5H2,1-2H3,(H,16,18)(H2,13,15,17)/b9-6-. The Morgan fingerprint density at radius 1 is 1.44 bits per heavy atom. The second-order valence-electron chi connectivity index (χ2n) is 4.23. The number of nitrogens with zero attached hydrogens (tertiary/aromatic N) is 2. The highest BCUT2D eigenvalue weighted by atomic mass is 16.3. The van der Waals surface area contributed by atoms with Crippen LogP contribution in [0.3, 0.4) is 0 Å². The molecule has 96 valence electrons. The largest absolute Gasteiger partial charge is 0.493 e. The van der Waals surface area contributed by atoms with E-state index in [1.165, 1.54) is 0 Å². The van der Waals surface area contributed by atoms with Crippen LogP contribution in [0.4, 0.5) is 0 Å². The van der Waals surface area contributed by atoms with E-state index < -0.39 is 0 Å². The third-order valence-electron chi connectivity index (χ3n) is 2.88. The van der Waals surface area contributed by atoms with Crippen molar-refractivity contribution in [2.24, 2.45) is 5.10 Å². The Kier molecular flexibility index (Phi) is 3.45. The van der Waals surface area contributed by atoms with Crippen LogP contribution in [0.1, 0.15) is 37.4 Å². The molecule has 0 spiro atoms. The Hall–Kier alpha value is -2.11. The van der Waals surface area contributed by atoms with Crippen LogP contribution in [0.2, 0.25) is 0 Å². The average Bonchev–Trinajstić information content (AvgIpc) is 2.85. The van der Waals surface area contributed by atoms with Crippen molar-refractivity contribution in [1.82, 2.24) is 15.6 Å². The van der Waals surface area contributed by atoms with E-state index in [1.807, 2.05) is 0 Å². The van der Waals surface area contributed by atoms with Crippen LogP contribution in [-0.4, -0.2) is 26.9 Å². The Morgan fingerprint density at radius 3 is 2.83 bits per heavy atom. The smallest absolute Gasteiger partial charge is 0.273 e. The van der Waals surface area contributed by atoms with E-state index in [4.69, 9.17) is 0 Å². The number of hydrogen-bond acceptors (Lipinski definition) is 4. The number of aryl methyl sites for hydroxylation is 1. The lowest BCUT2D eigenvalue weighted by molar-refractivity contribution is -0.116. The van der Waals surface area contributed by atoms with Gasteiger partial charge in [-0.25, -0.2) is 10.5 Å². The van der Waals surface area contributed by atoms with Crippen molar-refractivity contribution in [2.75, 3.05) is 0 Å². The van der Waals surface area contributed by atoms with Crippen LogP contribution in [0.15, 0.2) is 10.7 Å². The lowest BCUT2D eigenvalue weighted by Crippen LogP contribution is -2.13. The lowest BCUT2D eigenvalue weighted by atomic mass is 10.0. The summed E-state index contributed by atoms with van der Waals surface area (Å²) in [5.41, 5.74) is 4.87. The van der Waals surface area contributed by atoms with Crippen molar-refractivity contribution in [3.8, 4) is 5.88 Å². The summed E-state index contributed by atoms with van der Waals surface area (Å²) in [6, 6.07) is 0. The SMILES string of the molecule is CCCCC1=NNC(=O)/C1=C\c1c(C)n[nH]c1O. The van der Waals surface area contributed by atoms with Gasteiger partial charge in [0, 0.05) is 0 Å². The van der Waals surface area contributed by atoms with E-state index >= 15 is 0 Å². The molecule has 0 radical (unpaired) electrons. The van der Waals surface area contributed by atoms with Crippen LogP contribution >= 0.6 is 0 Å². The van der Waals surface area contributed by atoms with Crippen LogP contribution in [0.5, 0.6) is 5.88 Å². The predicted molar refractivity (Wildman–Crippen MR) is 68.1 cm³/mol. The highest BCUT2D eigenvalue weighted by Crippen LogP contribution is 2.23. The summed E-state index contributed by atoms with van der Waals surface area (Å²) in [6.45, 7) is 3.85. The molecule has 1 aliphatic heterocycles. The molecule has 2 rings (SSSR count). The molecule has 18 heavy (non-hydrogen) atoms. The zero-order valence-electron chi connectivity index (χ0n) is 10.4. The van der Waals surface area contributed by atoms with Gasteiger partial charge < -0.3 is 5.11 Å². The van der Waals surface area contributed by atoms with Gasteiger partial charge in [0.25, 0.3) is 5.91 Å². The fourth-order valence-corrected chi connectivity index (χ4v) is 1.80. The Balaban J connectivity index is 2.30. The number of aromatic hydroxyl groups is 1. The van der Waals surface area contributed by atoms with E-state index in [0.717, 1.165) is 25.0 Å². The number of nitrogens with one attached hydrogen (secondary N) is 2. The van der Waals surface area contributed by atoms with Crippen molar-refractivity contribution in [2.45, 2.75) is 33.1 Å². The Morgan fingerprint density at radius 2 is 2.22 bits per heavy atom. The van der Waals surface area contributed by atoms with Gasteiger partial charge in [-0.15, -0.1) is 0 Å². The van der Waals surface area contributed by atoms with Gasteiger partial charge in [-0.05, 0) is 25.8 Å². The monoisotopic (exact) mass is 248 g/mol. The van der Waals surface area contributed by atoms with Gasteiger partial charge in [-0.3, -0.25) is 4.79 Å². The van der Waals surface area contributed by atoms with Gasteiger partial charge in [0.1, 0.15) is 0 Å². The van der Waals surface area contributed by atoms with Crippen molar-refractivity contribution < 1.29 is 9.90 Å². The van der Waals surface area contributed by atoms with Crippen molar-refractivity contribution in [3.05, 3.63) is 16.8 Å². The second kappa shape index (κ2) is 5.03. The van der Waals surface area contributed by atoms with Crippen LogP contribution in [-0.2, 0) is 4.79 Å². The van der Waals surface area contributed by atoms with Crippen molar-refractivity contribution >= 4 is 17.7 Å². The molecule has 6 heteroatoms. The fraction of sp³-hybridized carbons (Fsp3) is 0.417. The molecule has 6 nitrogen and oxygen atoms in total. The van der Waals surface area contributed by atoms with Gasteiger partial charge in [0.05, 0.1) is 22.5 Å². The van der Waals surface area contributed by atoms with Crippen molar-refractivity contribution in [1.29, 1.82) is 0 Å². The van der Waals surface area contributed by atoms with E-state index in [2.05, 4.69) is 27.6 Å². The number of aromatic nitrogens is 2. The molecular formula is C12H16N4O2. The lowest BCUT2D eigenvalue weighted by Gasteiger charge is -2.00. The third-order valence-corrected chi connectivity index (χ3v) is 2.88. The first kappa shape index (κ1) is 12.3. The number of carbonyl (C=O) groups is 1. The minimum Gasteiger partial charge on any atom is -0.493 e. The molecule has 0 unspecified atom stereocenters. The molecule has 0 fully saturated rings. The Bertz CT molecular complexity index is 509. The topological polar surface area (TPSA) is 90.4 Å². The molecule has 0 atom stereocenters. The van der Waals surface area contributed by atoms with E-state index in [-0.39, 0.29) is 11.8 Å². The van der Waals surface area contributed by atoms with Gasteiger partial charge >= 0.3 is 0 Å². The van der Waals surface area contributed by atoms with Crippen molar-refractivity contribution in [3.63, 3.8) is 0 Å². The Labute approximate surface area is 105 Å². The average molecular weight is 248 g/mol. The highest BCUT2D eigenvalue weighted by Gasteiger charge is 2.23. The fourth-order valence-electron chi connectivity index (χ4n) is 1.80. The molecule has 1 aromatic heterocycles. The second-order valence-corrected chi connectivity index (χ2v) is 4.23. The molecule has 0 aliphatic carbocycles. The molecule has 0 saturated heterocycles. The molecule has 3 N–H and O–H groups in total. The van der Waals surface area contributed by atoms with Gasteiger partial charge in [-0.2, -0.15) is 10.2 Å². The first-order valence-electron chi connectivity index (χ1n) is 5.96. The minimum absolute atomic E-state index is 0.0328. The van der Waals surface area contributed by atoms with Crippen LogP contribution in [0.25, 0.3) is 6.08 Å². The van der Waals surface area contributed by atoms with E-state index in [0.29, 0.717) is 16.8 Å². The maximum Gasteiger partial charge on any atom is 0.273 e. The maximum absolute atomic E-state index is 11.7. The number of unbranched alkanes of at least 4 members (excludes halogenated alkanes) is 1. The molecule has 2 heterocycles. The molecule has 0 bridgehead atoms. The maximum atomic E-state index is 11.7. The third kappa shape index (κ3) is 2.27. The number of amides is 1. The number of hydrazone groups is 1. The molecule has 0 aromatic carbocycles. The van der Waals surface area contributed by atoms with Gasteiger partial charge in [0.2, 0.25) is 5.88 Å². The summed E-state index contributed by atoms with van der Waals surface area (Å²) in [5.74, 6) is -0.268. The summed E-state index contributed by atoms with van der Waals surface area (Å²) in [7, 11) is 0. The van der Waals surface area contributed by atoms with E-state index in [1.54, 1.807) is 13.0 Å². The van der Waals surface area contributed by atoms with Crippen LogP contribution in [0, 0.1) is 6.92 Å². The highest BCUT2D eigenvalue weighted by molar-refractivity contribution is 6.27. The summed E-state index contributed by atoms with van der Waals surface area (Å²) < 4.78 is 0. The molecule has 0 saturated carbocycles. The number of H-pyrrole nitrogens is 1. The quantitative estimate of drug-likeness (QED) is 0.705. The predicted octanol–water partition coefficient (Wildman–Crippen LogP) is 1.48. The summed E-state index contributed by atoms with van der Waals surface area (Å²) >= 11 is 0. The van der Waals surface area contributed by atoms with Gasteiger partial charge in [0.15, 0.2) is 0 Å². The van der Waals surface area contributed by atoms with Gasteiger partial charge in [-0.1, -0.05) is 13.3 Å². The first-order valence-corrected chi connectivity index (χ1v) is 5.96. The first-order chi connectivity index (χ1) is 8.63. The molecule has 1 aromatic rings. The number of rotatable bonds is 4. The normalized spacial score (nSPS) is 17.1. The summed E-state index contributed by atoms with van der Waals surface area (Å²) in [6.07, 6.45) is 4.39. The summed E-state index contributed by atoms with van der Waals surface area (Å²) in [5, 5.41) is 20.0. The number of hydrogen-bond donors (Lipinski definition) is 3. The van der Waals surface area contributed by atoms with Crippen LogP contribution < -0.4 is 5.43 Å². The zero-order valence-corrected chi connectivity index (χ0v) is 10.4. The molecular weight excluding hydrogens is 232 g/mol. The number of carbonyl (C=O) groups excluding carboxylic acids is 1. The zero-order chi connectivity index (χ0) is 13.1. The minimum atomic E-state index is -0.235. The summed E-state index contributed by atoms with van der Waals surface area (Å²) in [4.78, 5) is 11.7.